The number of amides is 1. The summed E-state index contributed by atoms with van der Waals surface area (Å²) in [7, 11) is 1.70. The lowest BCUT2D eigenvalue weighted by atomic mass is 9.85. The van der Waals surface area contributed by atoms with Gasteiger partial charge in [0.2, 0.25) is 11.8 Å². The van der Waals surface area contributed by atoms with Gasteiger partial charge in [-0.15, -0.1) is 0 Å². The number of nitrogens with zero attached hydrogens (tertiary/aromatic N) is 1. The Kier molecular flexibility index (Phi) is 5.51. The maximum absolute atomic E-state index is 13.2. The molecule has 1 saturated carbocycles. The minimum absolute atomic E-state index is 0.0279. The number of aliphatic hydroxyl groups excluding tert-OH is 1. The molecule has 1 aliphatic rings. The standard InChI is InChI=1S/C17H23F2NO2/c1-20(15(9-12-21)13-5-3-2-4-6-13)16(22)14-7-10-17(18,19)11-8-14/h2-6,14-15,21H,7-12H2,1H3. The van der Waals surface area contributed by atoms with Gasteiger partial charge in [-0.2, -0.15) is 0 Å². The molecular weight excluding hydrogens is 288 g/mol. The van der Waals surface area contributed by atoms with Gasteiger partial charge < -0.3 is 10.0 Å². The minimum atomic E-state index is -2.63. The van der Waals surface area contributed by atoms with E-state index in [2.05, 4.69) is 0 Å². The number of halogens is 2. The van der Waals surface area contributed by atoms with Gasteiger partial charge in [0.1, 0.15) is 0 Å². The fourth-order valence-electron chi connectivity index (χ4n) is 3.11. The molecule has 1 amide bonds. The summed E-state index contributed by atoms with van der Waals surface area (Å²) in [4.78, 5) is 14.2. The van der Waals surface area contributed by atoms with Crippen molar-refractivity contribution in [1.29, 1.82) is 0 Å². The molecule has 1 unspecified atom stereocenters. The zero-order valence-electron chi connectivity index (χ0n) is 12.8. The highest BCUT2D eigenvalue weighted by Crippen LogP contribution is 2.37. The number of hydrogen-bond acceptors (Lipinski definition) is 2. The molecule has 22 heavy (non-hydrogen) atoms. The quantitative estimate of drug-likeness (QED) is 0.905. The van der Waals surface area contributed by atoms with Crippen LogP contribution in [0.4, 0.5) is 8.78 Å². The Morgan fingerprint density at radius 2 is 1.91 bits per heavy atom. The van der Waals surface area contributed by atoms with Gasteiger partial charge in [-0.25, -0.2) is 8.78 Å². The lowest BCUT2D eigenvalue weighted by Gasteiger charge is -2.34. The van der Waals surface area contributed by atoms with Crippen LogP contribution in [-0.4, -0.2) is 35.5 Å². The Morgan fingerprint density at radius 1 is 1.32 bits per heavy atom. The summed E-state index contributed by atoms with van der Waals surface area (Å²) in [6, 6.07) is 9.28. The van der Waals surface area contributed by atoms with Gasteiger partial charge in [-0.1, -0.05) is 30.3 Å². The summed E-state index contributed by atoms with van der Waals surface area (Å²) in [5, 5.41) is 9.27. The Hall–Kier alpha value is -1.49. The van der Waals surface area contributed by atoms with Gasteiger partial charge in [-0.3, -0.25) is 4.79 Å². The normalized spacial score (nSPS) is 19.6. The van der Waals surface area contributed by atoms with Crippen molar-refractivity contribution < 1.29 is 18.7 Å². The number of aliphatic hydroxyl groups is 1. The van der Waals surface area contributed by atoms with Crippen molar-refractivity contribution in [2.45, 2.75) is 44.1 Å². The van der Waals surface area contributed by atoms with E-state index in [1.807, 2.05) is 30.3 Å². The average Bonchev–Trinajstić information content (AvgIpc) is 2.52. The molecule has 1 aliphatic carbocycles. The molecule has 122 valence electrons. The molecule has 1 aromatic rings. The summed E-state index contributed by atoms with van der Waals surface area (Å²) in [5.74, 6) is -3.06. The first kappa shape index (κ1) is 16.9. The Labute approximate surface area is 129 Å². The van der Waals surface area contributed by atoms with Gasteiger partial charge in [0.25, 0.3) is 0 Å². The lowest BCUT2D eigenvalue weighted by molar-refractivity contribution is -0.140. The molecule has 5 heteroatoms. The number of benzene rings is 1. The zero-order valence-corrected chi connectivity index (χ0v) is 12.8. The maximum Gasteiger partial charge on any atom is 0.248 e. The fraction of sp³-hybridized carbons (Fsp3) is 0.588. The molecule has 0 aliphatic heterocycles. The van der Waals surface area contributed by atoms with Gasteiger partial charge in [0.15, 0.2) is 0 Å². The van der Waals surface area contributed by atoms with Gasteiger partial charge in [-0.05, 0) is 24.8 Å². The zero-order chi connectivity index (χ0) is 16.2. The Balaban J connectivity index is 2.07. The van der Waals surface area contributed by atoms with Gasteiger partial charge in [0, 0.05) is 32.4 Å². The molecule has 1 fully saturated rings. The lowest BCUT2D eigenvalue weighted by Crippen LogP contribution is -2.39. The highest BCUT2D eigenvalue weighted by molar-refractivity contribution is 5.79. The van der Waals surface area contributed by atoms with E-state index in [9.17, 15) is 18.7 Å². The van der Waals surface area contributed by atoms with E-state index >= 15 is 0 Å². The second-order valence-electron chi connectivity index (χ2n) is 6.02. The average molecular weight is 311 g/mol. The molecule has 0 heterocycles. The van der Waals surface area contributed by atoms with Crippen molar-refractivity contribution in [3.05, 3.63) is 35.9 Å². The second-order valence-corrected chi connectivity index (χ2v) is 6.02. The van der Waals surface area contributed by atoms with Crippen molar-refractivity contribution in [3.8, 4) is 0 Å². The molecule has 3 nitrogen and oxygen atoms in total. The summed E-state index contributed by atoms with van der Waals surface area (Å²) < 4.78 is 26.5. The first-order valence-electron chi connectivity index (χ1n) is 7.75. The molecule has 1 atom stereocenters. The second kappa shape index (κ2) is 7.18. The van der Waals surface area contributed by atoms with Crippen molar-refractivity contribution >= 4 is 5.91 Å². The largest absolute Gasteiger partial charge is 0.396 e. The summed E-state index contributed by atoms with van der Waals surface area (Å²) in [6.07, 6.45) is 0.475. The molecule has 1 aromatic carbocycles. The van der Waals surface area contributed by atoms with Gasteiger partial charge in [0.05, 0.1) is 6.04 Å². The topological polar surface area (TPSA) is 40.5 Å². The van der Waals surface area contributed by atoms with Crippen LogP contribution >= 0.6 is 0 Å². The molecule has 1 N–H and O–H groups in total. The number of carbonyl (C=O) groups excluding carboxylic acids is 1. The molecule has 0 radical (unpaired) electrons. The van der Waals surface area contributed by atoms with E-state index in [-0.39, 0.29) is 50.2 Å². The summed E-state index contributed by atoms with van der Waals surface area (Å²) >= 11 is 0. The van der Waals surface area contributed by atoms with Crippen LogP contribution in [-0.2, 0) is 4.79 Å². The fourth-order valence-corrected chi connectivity index (χ4v) is 3.11. The molecule has 0 spiro atoms. The third kappa shape index (κ3) is 4.03. The van der Waals surface area contributed by atoms with Crippen molar-refractivity contribution in [3.63, 3.8) is 0 Å². The van der Waals surface area contributed by atoms with Gasteiger partial charge >= 0.3 is 0 Å². The molecule has 0 aromatic heterocycles. The van der Waals surface area contributed by atoms with Crippen LogP contribution in [0.3, 0.4) is 0 Å². The van der Waals surface area contributed by atoms with Crippen LogP contribution in [0, 0.1) is 5.92 Å². The molecule has 0 saturated heterocycles. The number of hydrogen-bond donors (Lipinski definition) is 1. The van der Waals surface area contributed by atoms with Crippen LogP contribution in [0.25, 0.3) is 0 Å². The van der Waals surface area contributed by atoms with Crippen LogP contribution in [0.15, 0.2) is 30.3 Å². The predicted octanol–water partition coefficient (Wildman–Crippen LogP) is 3.39. The third-order valence-corrected chi connectivity index (χ3v) is 4.47. The van der Waals surface area contributed by atoms with E-state index in [4.69, 9.17) is 0 Å². The smallest absolute Gasteiger partial charge is 0.248 e. The van der Waals surface area contributed by atoms with E-state index in [0.717, 1.165) is 5.56 Å². The van der Waals surface area contributed by atoms with Crippen molar-refractivity contribution in [2.75, 3.05) is 13.7 Å². The number of carbonyl (C=O) groups is 1. The van der Waals surface area contributed by atoms with E-state index in [1.54, 1.807) is 11.9 Å². The Bertz CT molecular complexity index is 483. The van der Waals surface area contributed by atoms with Crippen LogP contribution in [0.1, 0.15) is 43.7 Å². The third-order valence-electron chi connectivity index (χ3n) is 4.47. The SMILES string of the molecule is CN(C(=O)C1CCC(F)(F)CC1)C(CCO)c1ccccc1. The molecule has 2 rings (SSSR count). The highest BCUT2D eigenvalue weighted by atomic mass is 19.3. The maximum atomic E-state index is 13.2. The molecular formula is C17H23F2NO2. The van der Waals surface area contributed by atoms with Crippen LogP contribution < -0.4 is 0 Å². The first-order chi connectivity index (χ1) is 10.4. The summed E-state index contributed by atoms with van der Waals surface area (Å²) in [5.41, 5.74) is 0.952. The van der Waals surface area contributed by atoms with Crippen LogP contribution in [0.5, 0.6) is 0 Å². The number of alkyl halides is 2. The first-order valence-corrected chi connectivity index (χ1v) is 7.75. The molecule has 0 bridgehead atoms. The van der Waals surface area contributed by atoms with E-state index < -0.39 is 5.92 Å². The van der Waals surface area contributed by atoms with E-state index in [1.165, 1.54) is 0 Å². The van der Waals surface area contributed by atoms with E-state index in [0.29, 0.717) is 6.42 Å². The predicted molar refractivity (Wildman–Crippen MR) is 80.6 cm³/mol. The van der Waals surface area contributed by atoms with Crippen molar-refractivity contribution in [1.82, 2.24) is 4.90 Å². The minimum Gasteiger partial charge on any atom is -0.396 e. The Morgan fingerprint density at radius 3 is 2.45 bits per heavy atom. The van der Waals surface area contributed by atoms with Crippen LogP contribution in [0.2, 0.25) is 0 Å². The van der Waals surface area contributed by atoms with Crippen molar-refractivity contribution in [2.24, 2.45) is 5.92 Å². The summed E-state index contributed by atoms with van der Waals surface area (Å²) in [6.45, 7) is -0.0279. The number of rotatable bonds is 5. The monoisotopic (exact) mass is 311 g/mol. The highest BCUT2D eigenvalue weighted by Gasteiger charge is 2.39.